The van der Waals surface area contributed by atoms with Crippen molar-refractivity contribution in [1.82, 2.24) is 20.4 Å². The van der Waals surface area contributed by atoms with E-state index in [-0.39, 0.29) is 12.1 Å². The van der Waals surface area contributed by atoms with E-state index in [2.05, 4.69) is 106 Å². The van der Waals surface area contributed by atoms with Crippen LogP contribution in [-0.2, 0) is 9.59 Å². The lowest BCUT2D eigenvalue weighted by molar-refractivity contribution is -0.131. The van der Waals surface area contributed by atoms with Gasteiger partial charge in [-0.2, -0.15) is 0 Å². The van der Waals surface area contributed by atoms with Crippen LogP contribution in [0, 0.1) is 0 Å². The number of para-hydroxylation sites is 2. The lowest BCUT2D eigenvalue weighted by Crippen LogP contribution is -2.40. The highest BCUT2D eigenvalue weighted by Crippen LogP contribution is 2.55. The monoisotopic (exact) mass is 926 g/mol. The number of esters is 2. The summed E-state index contributed by atoms with van der Waals surface area (Å²) in [6.45, 7) is 17.9. The Balaban J connectivity index is 1.13. The Morgan fingerprint density at radius 2 is 1.02 bits per heavy atom. The molecule has 0 aliphatic carbocycles. The van der Waals surface area contributed by atoms with Crippen LogP contribution in [0.15, 0.2) is 154 Å². The minimum Gasteiger partial charge on any atom is -0.420 e. The second kappa shape index (κ2) is 20.6. The van der Waals surface area contributed by atoms with Gasteiger partial charge in [0.05, 0.1) is 33.9 Å². The van der Waals surface area contributed by atoms with Gasteiger partial charge in [-0.3, -0.25) is 9.80 Å². The third-order valence-electron chi connectivity index (χ3n) is 11.1. The minimum atomic E-state index is -0.768. The second-order valence-corrected chi connectivity index (χ2v) is 18.7. The summed E-state index contributed by atoms with van der Waals surface area (Å²) < 4.78 is 12.7. The highest BCUT2D eigenvalue weighted by atomic mass is 32.2. The van der Waals surface area contributed by atoms with Crippen LogP contribution in [-0.4, -0.2) is 96.2 Å². The number of ether oxygens (including phenoxy) is 2. The van der Waals surface area contributed by atoms with Crippen molar-refractivity contribution in [2.75, 3.05) is 62.2 Å². The van der Waals surface area contributed by atoms with E-state index in [9.17, 15) is 9.59 Å². The lowest BCUT2D eigenvalue weighted by atomic mass is 10.1. The Bertz CT molecular complexity index is 2400. The summed E-state index contributed by atoms with van der Waals surface area (Å²) in [5, 5.41) is 6.43. The van der Waals surface area contributed by atoms with Crippen molar-refractivity contribution < 1.29 is 19.1 Å². The van der Waals surface area contributed by atoms with Crippen molar-refractivity contribution in [2.45, 2.75) is 45.5 Å². The van der Waals surface area contributed by atoms with Gasteiger partial charge in [0.25, 0.3) is 0 Å². The standard InChI is InChI=1S/C50H50N6O4S4/c1-5-25-51-49(61)35-19-21-41-45(55(33(3)31-53-27-11-12-28-53)37-15-7-9-17-39(37)63-41)47(35)59-43(57)23-24-44(58)60-48-36(50(62)52-26-6-2)20-22-42-46(48)56(34(4)32-54-29-13-14-30-54)38-16-8-10-18-40(38)64-42/h5-24,33-34H,1-2,25-32H2,3-4H3,(H,51,61)(H,52,62)/b24-23+. The molecule has 0 amide bonds. The fourth-order valence-electron chi connectivity index (χ4n) is 8.35. The molecule has 2 unspecified atom stereocenters. The Kier molecular flexibility index (Phi) is 14.5. The summed E-state index contributed by atoms with van der Waals surface area (Å²) in [5.41, 5.74) is 4.54. The Hall–Kier alpha value is -5.48. The first-order valence-corrected chi connectivity index (χ1v) is 23.7. The zero-order valence-electron chi connectivity index (χ0n) is 35.8. The van der Waals surface area contributed by atoms with Gasteiger partial charge in [0.1, 0.15) is 9.98 Å². The maximum absolute atomic E-state index is 14.1. The van der Waals surface area contributed by atoms with E-state index in [0.29, 0.717) is 45.7 Å². The molecule has 0 saturated heterocycles. The smallest absolute Gasteiger partial charge is 0.336 e. The first-order valence-electron chi connectivity index (χ1n) is 21.3. The molecule has 64 heavy (non-hydrogen) atoms. The minimum absolute atomic E-state index is 0.0221. The molecule has 10 nitrogen and oxygen atoms in total. The van der Waals surface area contributed by atoms with Crippen molar-refractivity contribution in [1.29, 1.82) is 0 Å². The van der Waals surface area contributed by atoms with Gasteiger partial charge in [0, 0.05) is 96.2 Å². The summed E-state index contributed by atoms with van der Waals surface area (Å²) in [4.78, 5) is 42.2. The van der Waals surface area contributed by atoms with Crippen LogP contribution >= 0.6 is 48.0 Å². The first kappa shape index (κ1) is 45.1. The van der Waals surface area contributed by atoms with Gasteiger partial charge in [-0.1, -0.05) is 109 Å². The van der Waals surface area contributed by atoms with Crippen molar-refractivity contribution in [3.8, 4) is 11.5 Å². The number of carbonyl (C=O) groups excluding carboxylic acids is 2. The van der Waals surface area contributed by atoms with Crippen molar-refractivity contribution in [2.24, 2.45) is 0 Å². The Labute approximate surface area is 394 Å². The molecule has 4 aliphatic heterocycles. The molecule has 0 saturated carbocycles. The number of thiocarbonyl (C=S) groups is 2. The highest BCUT2D eigenvalue weighted by molar-refractivity contribution is 8.00. The number of fused-ring (bicyclic) bond motifs is 4. The van der Waals surface area contributed by atoms with Crippen LogP contribution in [0.3, 0.4) is 0 Å². The van der Waals surface area contributed by atoms with Gasteiger partial charge in [0.2, 0.25) is 0 Å². The van der Waals surface area contributed by atoms with Crippen LogP contribution in [0.25, 0.3) is 0 Å². The molecule has 4 heterocycles. The third-order valence-corrected chi connectivity index (χ3v) is 14.1. The normalized spacial score (nSPS) is 16.0. The van der Waals surface area contributed by atoms with E-state index in [0.717, 1.165) is 93.8 Å². The number of carbonyl (C=O) groups is 2. The van der Waals surface area contributed by atoms with E-state index in [1.54, 1.807) is 35.7 Å². The maximum Gasteiger partial charge on any atom is 0.336 e. The molecule has 2 atom stereocenters. The van der Waals surface area contributed by atoms with E-state index in [1.165, 1.54) is 0 Å². The summed E-state index contributed by atoms with van der Waals surface area (Å²) in [6, 6.07) is 24.2. The number of rotatable bonds is 16. The molecule has 4 aliphatic rings. The topological polar surface area (TPSA) is 89.6 Å². The van der Waals surface area contributed by atoms with Crippen molar-refractivity contribution in [3.05, 3.63) is 146 Å². The van der Waals surface area contributed by atoms with Gasteiger partial charge in [0.15, 0.2) is 11.5 Å². The first-order chi connectivity index (χ1) is 31.1. The zero-order valence-corrected chi connectivity index (χ0v) is 39.1. The summed E-state index contributed by atoms with van der Waals surface area (Å²) in [7, 11) is 0. The maximum atomic E-state index is 14.1. The van der Waals surface area contributed by atoms with Crippen molar-refractivity contribution in [3.63, 3.8) is 0 Å². The van der Waals surface area contributed by atoms with Crippen LogP contribution in [0.4, 0.5) is 22.7 Å². The predicted octanol–water partition coefficient (Wildman–Crippen LogP) is 9.38. The molecule has 8 rings (SSSR count). The van der Waals surface area contributed by atoms with Crippen LogP contribution < -0.4 is 29.9 Å². The molecule has 0 radical (unpaired) electrons. The predicted molar refractivity (Wildman–Crippen MR) is 269 cm³/mol. The van der Waals surface area contributed by atoms with Crippen LogP contribution in [0.5, 0.6) is 11.5 Å². The molecule has 0 bridgehead atoms. The molecule has 4 aromatic rings. The number of anilines is 4. The average Bonchev–Trinajstić information content (AvgIpc) is 4.03. The van der Waals surface area contributed by atoms with Gasteiger partial charge in [-0.25, -0.2) is 9.59 Å². The molecular formula is C50H50N6O4S4. The average molecular weight is 927 g/mol. The summed E-state index contributed by atoms with van der Waals surface area (Å²) >= 11 is 15.0. The Morgan fingerprint density at radius 1 is 0.625 bits per heavy atom. The Morgan fingerprint density at radius 3 is 1.41 bits per heavy atom. The fourth-order valence-corrected chi connectivity index (χ4v) is 11.0. The summed E-state index contributed by atoms with van der Waals surface area (Å²) in [5.74, 6) is -0.948. The molecule has 14 heteroatoms. The number of hydrogen-bond donors (Lipinski definition) is 2. The number of benzene rings is 4. The lowest BCUT2D eigenvalue weighted by Gasteiger charge is -2.39. The van der Waals surface area contributed by atoms with Crippen LogP contribution in [0.2, 0.25) is 0 Å². The molecule has 328 valence electrons. The number of nitrogens with zero attached hydrogens (tertiary/aromatic N) is 4. The van der Waals surface area contributed by atoms with E-state index in [4.69, 9.17) is 33.9 Å². The van der Waals surface area contributed by atoms with E-state index in [1.807, 2.05) is 48.5 Å². The second-order valence-electron chi connectivity index (χ2n) is 15.7. The van der Waals surface area contributed by atoms with E-state index < -0.39 is 11.9 Å². The SMILES string of the molecule is C=CCNC(=S)c1ccc2c(c1OC(=O)/C=C/C(=O)Oc1c(C(=S)NCC=C)ccc3c1N(C(C)CN1CC=CC1)c1ccccc1S3)N(C(C)CN1CC=CC1)c1ccccc1S2. The van der Waals surface area contributed by atoms with E-state index >= 15 is 0 Å². The van der Waals surface area contributed by atoms with Gasteiger partial charge >= 0.3 is 11.9 Å². The van der Waals surface area contributed by atoms with Crippen LogP contribution in [0.1, 0.15) is 25.0 Å². The third kappa shape index (κ3) is 9.77. The van der Waals surface area contributed by atoms with Gasteiger partial charge in [-0.05, 0) is 62.4 Å². The molecule has 0 aromatic heterocycles. The molecular weight excluding hydrogens is 877 g/mol. The fraction of sp³-hybridized carbons (Fsp3) is 0.240. The molecule has 4 aromatic carbocycles. The van der Waals surface area contributed by atoms with Crippen molar-refractivity contribution >= 4 is 92.6 Å². The highest BCUT2D eigenvalue weighted by Gasteiger charge is 2.36. The number of nitrogens with one attached hydrogen (secondary N) is 2. The van der Waals surface area contributed by atoms with Gasteiger partial charge < -0.3 is 29.9 Å². The number of hydrogen-bond acceptors (Lipinski definition) is 12. The largest absolute Gasteiger partial charge is 0.420 e. The van der Waals surface area contributed by atoms with Gasteiger partial charge in [-0.15, -0.1) is 13.2 Å². The quantitative estimate of drug-likeness (QED) is 0.0368. The molecule has 2 N–H and O–H groups in total. The zero-order chi connectivity index (χ0) is 44.7. The molecule has 0 spiro atoms. The molecule has 0 fully saturated rings. The summed E-state index contributed by atoms with van der Waals surface area (Å²) in [6.07, 6.45) is 14.4.